The van der Waals surface area contributed by atoms with Gasteiger partial charge in [-0.05, 0) is 19.1 Å². The van der Waals surface area contributed by atoms with Crippen LogP contribution in [0.5, 0.6) is 0 Å². The molecular weight excluding hydrogens is 242 g/mol. The molecule has 17 heavy (non-hydrogen) atoms. The molecule has 1 aromatic rings. The minimum atomic E-state index is -0.343. The van der Waals surface area contributed by atoms with E-state index in [9.17, 15) is 9.59 Å². The van der Waals surface area contributed by atoms with Crippen molar-refractivity contribution in [1.29, 1.82) is 0 Å². The summed E-state index contributed by atoms with van der Waals surface area (Å²) < 4.78 is 0. The molecule has 5 nitrogen and oxygen atoms in total. The fourth-order valence-corrected chi connectivity index (χ4v) is 1.22. The molecule has 0 heterocycles. The molecule has 1 aromatic carbocycles. The predicted octanol–water partition coefficient (Wildman–Crippen LogP) is 0.556. The number of carbonyl (C=O) groups excluding carboxylic acids is 2. The van der Waals surface area contributed by atoms with Crippen molar-refractivity contribution >= 4 is 29.9 Å². The monoisotopic (exact) mass is 257 g/mol. The summed E-state index contributed by atoms with van der Waals surface area (Å²) in [5.74, 6) is -0.560. The number of likely N-dealkylation sites (N-methyl/N-ethyl adjacent to an activating group) is 1. The van der Waals surface area contributed by atoms with Gasteiger partial charge in [0.2, 0.25) is 5.91 Å². The number of halogens is 1. The topological polar surface area (TPSA) is 84.2 Å². The van der Waals surface area contributed by atoms with Gasteiger partial charge in [-0.3, -0.25) is 9.59 Å². The summed E-state index contributed by atoms with van der Waals surface area (Å²) in [5, 5.41) is 5.08. The smallest absolute Gasteiger partial charge is 0.253 e. The summed E-state index contributed by atoms with van der Waals surface area (Å²) >= 11 is 0. The van der Waals surface area contributed by atoms with Gasteiger partial charge in [0.05, 0.1) is 12.1 Å². The van der Waals surface area contributed by atoms with Gasteiger partial charge in [-0.25, -0.2) is 0 Å². The molecule has 4 N–H and O–H groups in total. The molecule has 2 amide bonds. The molecule has 0 aliphatic carbocycles. The van der Waals surface area contributed by atoms with Gasteiger partial charge < -0.3 is 16.4 Å². The Morgan fingerprint density at radius 2 is 1.88 bits per heavy atom. The Morgan fingerprint density at radius 1 is 1.24 bits per heavy atom. The highest BCUT2D eigenvalue weighted by molar-refractivity contribution is 6.00. The van der Waals surface area contributed by atoms with Gasteiger partial charge in [0, 0.05) is 12.2 Å². The maximum atomic E-state index is 11.6. The van der Waals surface area contributed by atoms with E-state index in [2.05, 4.69) is 10.6 Å². The second-order valence-electron chi connectivity index (χ2n) is 3.22. The van der Waals surface area contributed by atoms with Crippen LogP contribution in [0.15, 0.2) is 24.3 Å². The quantitative estimate of drug-likeness (QED) is 0.689. The zero-order valence-electron chi connectivity index (χ0n) is 9.53. The van der Waals surface area contributed by atoms with Crippen molar-refractivity contribution in [3.05, 3.63) is 29.8 Å². The summed E-state index contributed by atoms with van der Waals surface area (Å²) in [7, 11) is 0. The van der Waals surface area contributed by atoms with Crippen LogP contribution in [0, 0.1) is 0 Å². The van der Waals surface area contributed by atoms with Gasteiger partial charge in [0.25, 0.3) is 5.91 Å². The van der Waals surface area contributed by atoms with Crippen LogP contribution in [-0.4, -0.2) is 24.9 Å². The van der Waals surface area contributed by atoms with E-state index in [0.717, 1.165) is 0 Å². The second kappa shape index (κ2) is 7.51. The third kappa shape index (κ3) is 4.74. The molecule has 0 atom stereocenters. The molecule has 0 radical (unpaired) electrons. The Balaban J connectivity index is 0.00000256. The lowest BCUT2D eigenvalue weighted by molar-refractivity contribution is -0.120. The molecule has 0 fully saturated rings. The first-order valence-corrected chi connectivity index (χ1v) is 5.04. The van der Waals surface area contributed by atoms with Crippen molar-refractivity contribution < 1.29 is 9.59 Å². The Labute approximate surface area is 106 Å². The third-order valence-corrected chi connectivity index (χ3v) is 1.99. The maximum Gasteiger partial charge on any atom is 0.253 e. The van der Waals surface area contributed by atoms with Crippen LogP contribution < -0.4 is 16.4 Å². The lowest BCUT2D eigenvalue weighted by Crippen LogP contribution is -2.36. The van der Waals surface area contributed by atoms with Gasteiger partial charge in [0.15, 0.2) is 0 Å². The molecule has 0 aliphatic heterocycles. The number of nitrogens with one attached hydrogen (secondary N) is 2. The van der Waals surface area contributed by atoms with E-state index in [1.54, 1.807) is 24.3 Å². The number of amides is 2. The van der Waals surface area contributed by atoms with Crippen LogP contribution in [0.3, 0.4) is 0 Å². The fraction of sp³-hybridized carbons (Fsp3) is 0.273. The van der Waals surface area contributed by atoms with Crippen LogP contribution in [0.1, 0.15) is 17.3 Å². The highest BCUT2D eigenvalue weighted by Crippen LogP contribution is 2.09. The number of nitrogens with two attached hydrogens (primary N) is 1. The molecule has 1 rings (SSSR count). The number of rotatable bonds is 4. The Hall–Kier alpha value is -1.75. The van der Waals surface area contributed by atoms with E-state index >= 15 is 0 Å². The van der Waals surface area contributed by atoms with Crippen LogP contribution in [-0.2, 0) is 4.79 Å². The average molecular weight is 258 g/mol. The first kappa shape index (κ1) is 15.2. The van der Waals surface area contributed by atoms with Crippen molar-refractivity contribution in [3.63, 3.8) is 0 Å². The van der Waals surface area contributed by atoms with Crippen LogP contribution in [0.4, 0.5) is 5.69 Å². The third-order valence-electron chi connectivity index (χ3n) is 1.99. The number of nitrogen functional groups attached to an aromatic ring is 1. The van der Waals surface area contributed by atoms with E-state index in [4.69, 9.17) is 5.73 Å². The normalized spacial score (nSPS) is 9.00. The minimum Gasteiger partial charge on any atom is -0.398 e. The first-order chi connectivity index (χ1) is 7.65. The summed E-state index contributed by atoms with van der Waals surface area (Å²) in [4.78, 5) is 22.7. The summed E-state index contributed by atoms with van der Waals surface area (Å²) in [6.07, 6.45) is 0. The zero-order valence-corrected chi connectivity index (χ0v) is 10.3. The van der Waals surface area contributed by atoms with Gasteiger partial charge in [0.1, 0.15) is 0 Å². The summed E-state index contributed by atoms with van der Waals surface area (Å²) in [5.41, 5.74) is 6.41. The van der Waals surface area contributed by atoms with E-state index in [1.165, 1.54) is 0 Å². The molecule has 94 valence electrons. The molecule has 0 saturated heterocycles. The lowest BCUT2D eigenvalue weighted by atomic mass is 10.1. The summed E-state index contributed by atoms with van der Waals surface area (Å²) in [6, 6.07) is 6.72. The Bertz CT molecular complexity index is 396. The predicted molar refractivity (Wildman–Crippen MR) is 69.1 cm³/mol. The lowest BCUT2D eigenvalue weighted by Gasteiger charge is -2.06. The van der Waals surface area contributed by atoms with Crippen LogP contribution in [0.25, 0.3) is 0 Å². The van der Waals surface area contributed by atoms with Gasteiger partial charge in [-0.1, -0.05) is 12.1 Å². The molecule has 0 spiro atoms. The Morgan fingerprint density at radius 3 is 2.47 bits per heavy atom. The molecule has 0 bridgehead atoms. The minimum absolute atomic E-state index is 0. The SMILES string of the molecule is CCNC(=O)CNC(=O)c1ccccc1N.Cl. The standard InChI is InChI=1S/C11H15N3O2.ClH/c1-2-13-10(15)7-14-11(16)8-5-3-4-6-9(8)12;/h3-6H,2,7,12H2,1H3,(H,13,15)(H,14,16);1H. The Kier molecular flexibility index (Phi) is 6.74. The van der Waals surface area contributed by atoms with Crippen molar-refractivity contribution in [3.8, 4) is 0 Å². The molecule has 0 saturated carbocycles. The van der Waals surface area contributed by atoms with Crippen molar-refractivity contribution in [2.24, 2.45) is 0 Å². The van der Waals surface area contributed by atoms with E-state index < -0.39 is 0 Å². The first-order valence-electron chi connectivity index (χ1n) is 5.04. The molecule has 0 aliphatic rings. The average Bonchev–Trinajstić information content (AvgIpc) is 2.27. The molecule has 6 heteroatoms. The zero-order chi connectivity index (χ0) is 12.0. The van der Waals surface area contributed by atoms with Gasteiger partial charge >= 0.3 is 0 Å². The number of anilines is 1. The fourth-order valence-electron chi connectivity index (χ4n) is 1.22. The number of hydrogen-bond acceptors (Lipinski definition) is 3. The van der Waals surface area contributed by atoms with Crippen molar-refractivity contribution in [1.82, 2.24) is 10.6 Å². The maximum absolute atomic E-state index is 11.6. The number of benzene rings is 1. The number of hydrogen-bond donors (Lipinski definition) is 3. The number of carbonyl (C=O) groups is 2. The molecule has 0 unspecified atom stereocenters. The highest BCUT2D eigenvalue weighted by Gasteiger charge is 2.09. The van der Waals surface area contributed by atoms with Gasteiger partial charge in [-0.15, -0.1) is 12.4 Å². The van der Waals surface area contributed by atoms with E-state index in [-0.39, 0.29) is 30.8 Å². The van der Waals surface area contributed by atoms with Crippen molar-refractivity contribution in [2.45, 2.75) is 6.92 Å². The van der Waals surface area contributed by atoms with Gasteiger partial charge in [-0.2, -0.15) is 0 Å². The highest BCUT2D eigenvalue weighted by atomic mass is 35.5. The van der Waals surface area contributed by atoms with E-state index in [0.29, 0.717) is 17.8 Å². The largest absolute Gasteiger partial charge is 0.398 e. The molecule has 0 aromatic heterocycles. The summed E-state index contributed by atoms with van der Waals surface area (Å²) in [6.45, 7) is 2.32. The van der Waals surface area contributed by atoms with E-state index in [1.807, 2.05) is 6.92 Å². The number of para-hydroxylation sites is 1. The van der Waals surface area contributed by atoms with Crippen LogP contribution in [0.2, 0.25) is 0 Å². The van der Waals surface area contributed by atoms with Crippen molar-refractivity contribution in [2.75, 3.05) is 18.8 Å². The van der Waals surface area contributed by atoms with Crippen LogP contribution >= 0.6 is 12.4 Å². The molecular formula is C11H16ClN3O2. The second-order valence-corrected chi connectivity index (χ2v) is 3.22.